The number of amides is 7. The number of carbonyl (C=O) groups excluding carboxylic acids is 6. The molecule has 21 heteroatoms. The molecule has 1 unspecified atom stereocenters. The van der Waals surface area contributed by atoms with Gasteiger partial charge in [-0.25, -0.2) is 9.78 Å². The Morgan fingerprint density at radius 1 is 0.879 bits per heavy atom. The van der Waals surface area contributed by atoms with Crippen LogP contribution < -0.4 is 42.1 Å². The van der Waals surface area contributed by atoms with Crippen LogP contribution in [0.3, 0.4) is 0 Å². The predicted octanol–water partition coefficient (Wildman–Crippen LogP) is 3.22. The molecule has 0 radical (unpaired) electrons. The Bertz CT molecular complexity index is 2400. The van der Waals surface area contributed by atoms with Crippen LogP contribution in [-0.4, -0.2) is 141 Å². The van der Waals surface area contributed by atoms with Gasteiger partial charge < -0.3 is 56.1 Å². The highest BCUT2D eigenvalue weighted by atomic mass is 35.5. The number of hydrogen-bond acceptors (Lipinski definition) is 14. The summed E-state index contributed by atoms with van der Waals surface area (Å²) in [6.07, 6.45) is 2.65. The molecule has 3 aliphatic heterocycles. The highest BCUT2D eigenvalue weighted by Crippen LogP contribution is 2.30. The van der Waals surface area contributed by atoms with Crippen LogP contribution in [-0.2, 0) is 30.4 Å². The molecule has 7 N–H and O–H groups in total. The fraction of sp³-hybridized carbons (Fsp3) is 0.378. The third kappa shape index (κ3) is 12.5. The van der Waals surface area contributed by atoms with E-state index in [1.807, 2.05) is 30.3 Å². The number of para-hydroxylation sites is 1. The molecule has 7 amide bonds. The number of rotatable bonds is 20. The number of imide groups is 1. The van der Waals surface area contributed by atoms with Crippen molar-refractivity contribution in [2.24, 2.45) is 0 Å². The average molecular weight is 925 g/mol. The van der Waals surface area contributed by atoms with E-state index in [2.05, 4.69) is 52.1 Å². The zero-order valence-corrected chi connectivity index (χ0v) is 37.2. The van der Waals surface area contributed by atoms with Crippen LogP contribution in [0.15, 0.2) is 72.9 Å². The van der Waals surface area contributed by atoms with E-state index in [-0.39, 0.29) is 55.6 Å². The van der Waals surface area contributed by atoms with Crippen molar-refractivity contribution >= 4 is 81.7 Å². The molecule has 7 rings (SSSR count). The molecular weight excluding hydrogens is 872 g/mol. The number of benzene rings is 3. The van der Waals surface area contributed by atoms with E-state index in [9.17, 15) is 28.8 Å². The van der Waals surface area contributed by atoms with Gasteiger partial charge in [0.1, 0.15) is 11.1 Å². The van der Waals surface area contributed by atoms with Gasteiger partial charge in [0.25, 0.3) is 11.8 Å². The van der Waals surface area contributed by atoms with E-state index >= 15 is 0 Å². The van der Waals surface area contributed by atoms with Crippen molar-refractivity contribution in [3.8, 4) is 0 Å². The minimum absolute atomic E-state index is 0.0970. The van der Waals surface area contributed by atoms with Gasteiger partial charge in [-0.2, -0.15) is 4.98 Å². The van der Waals surface area contributed by atoms with Gasteiger partial charge in [-0.05, 0) is 79.5 Å². The van der Waals surface area contributed by atoms with Gasteiger partial charge in [-0.1, -0.05) is 23.7 Å². The van der Waals surface area contributed by atoms with Crippen LogP contribution in [0.4, 0.5) is 39.3 Å². The number of halogens is 1. The number of ether oxygens (including phenoxy) is 2. The van der Waals surface area contributed by atoms with E-state index in [4.69, 9.17) is 21.1 Å². The summed E-state index contributed by atoms with van der Waals surface area (Å²) in [6.45, 7) is 5.41. The smallest absolute Gasteiger partial charge is 0.317 e. The van der Waals surface area contributed by atoms with E-state index in [1.165, 1.54) is 11.1 Å². The molecule has 0 aliphatic carbocycles. The fourth-order valence-corrected chi connectivity index (χ4v) is 7.78. The molecule has 2 fully saturated rings. The van der Waals surface area contributed by atoms with Crippen molar-refractivity contribution in [2.45, 2.75) is 31.8 Å². The molecule has 1 atom stereocenters. The lowest BCUT2D eigenvalue weighted by molar-refractivity contribution is -0.137. The Morgan fingerprint density at radius 2 is 1.64 bits per heavy atom. The molecule has 0 saturated carbocycles. The molecule has 348 valence electrons. The normalized spacial score (nSPS) is 15.8. The number of urea groups is 1. The van der Waals surface area contributed by atoms with Gasteiger partial charge in [-0.15, -0.1) is 0 Å². The fourth-order valence-electron chi connectivity index (χ4n) is 7.64. The lowest BCUT2D eigenvalue weighted by atomic mass is 10.0. The number of piperidine rings is 1. The number of fused-ring (bicyclic) bond motifs is 1. The number of anilines is 6. The number of carbonyl (C=O) groups is 6. The second-order valence-electron chi connectivity index (χ2n) is 15.6. The predicted molar refractivity (Wildman–Crippen MR) is 247 cm³/mol. The van der Waals surface area contributed by atoms with Crippen LogP contribution in [0.1, 0.15) is 45.5 Å². The summed E-state index contributed by atoms with van der Waals surface area (Å²) in [5, 5.41) is 20.4. The quantitative estimate of drug-likeness (QED) is 0.0498. The van der Waals surface area contributed by atoms with Gasteiger partial charge in [0.15, 0.2) is 5.82 Å². The second kappa shape index (κ2) is 22.8. The van der Waals surface area contributed by atoms with Gasteiger partial charge in [0.05, 0.1) is 43.8 Å². The monoisotopic (exact) mass is 924 g/mol. The zero-order chi connectivity index (χ0) is 46.4. The summed E-state index contributed by atoms with van der Waals surface area (Å²) in [7, 11) is 1.57. The van der Waals surface area contributed by atoms with Crippen molar-refractivity contribution in [2.75, 3.05) is 100 Å². The third-order valence-corrected chi connectivity index (χ3v) is 11.4. The molecule has 3 aliphatic rings. The minimum atomic E-state index is -0.694. The van der Waals surface area contributed by atoms with Crippen molar-refractivity contribution < 1.29 is 38.2 Å². The maximum absolute atomic E-state index is 12.9. The Balaban J connectivity index is 0.703. The lowest BCUT2D eigenvalue weighted by Gasteiger charge is -2.36. The Labute approximate surface area is 386 Å². The summed E-state index contributed by atoms with van der Waals surface area (Å²) >= 11 is 6.38. The zero-order valence-electron chi connectivity index (χ0n) is 36.5. The highest BCUT2D eigenvalue weighted by molar-refractivity contribution is 6.33. The van der Waals surface area contributed by atoms with Crippen LogP contribution >= 0.6 is 11.6 Å². The largest absolute Gasteiger partial charge is 0.379 e. The summed E-state index contributed by atoms with van der Waals surface area (Å²) < 4.78 is 11.2. The maximum Gasteiger partial charge on any atom is 0.317 e. The summed E-state index contributed by atoms with van der Waals surface area (Å²) in [6, 6.07) is 19.1. The van der Waals surface area contributed by atoms with E-state index in [0.717, 1.165) is 11.4 Å². The van der Waals surface area contributed by atoms with Crippen LogP contribution in [0, 0.1) is 0 Å². The Kier molecular flexibility index (Phi) is 16.3. The van der Waals surface area contributed by atoms with Gasteiger partial charge in [0.2, 0.25) is 23.7 Å². The van der Waals surface area contributed by atoms with Crippen molar-refractivity contribution in [1.82, 2.24) is 41.0 Å². The number of hydrogen-bond donors (Lipinski definition) is 7. The van der Waals surface area contributed by atoms with Crippen molar-refractivity contribution in [3.05, 3.63) is 94.6 Å². The van der Waals surface area contributed by atoms with Crippen LogP contribution in [0.2, 0.25) is 5.02 Å². The summed E-state index contributed by atoms with van der Waals surface area (Å²) in [5.74, 6) is -0.865. The first-order chi connectivity index (χ1) is 32.1. The molecule has 20 nitrogen and oxygen atoms in total. The molecule has 4 aromatic rings. The molecule has 0 spiro atoms. The Morgan fingerprint density at radius 3 is 2.41 bits per heavy atom. The topological polar surface area (TPSA) is 241 Å². The number of piperazine rings is 1. The Hall–Kier alpha value is -6.87. The van der Waals surface area contributed by atoms with Crippen LogP contribution in [0.5, 0.6) is 0 Å². The molecular formula is C45H53ClN12O8. The highest BCUT2D eigenvalue weighted by Gasteiger charge is 2.39. The average Bonchev–Trinajstić information content (AvgIpc) is 3.64. The van der Waals surface area contributed by atoms with E-state index in [1.54, 1.807) is 48.3 Å². The maximum atomic E-state index is 12.9. The van der Waals surface area contributed by atoms with E-state index in [0.29, 0.717) is 117 Å². The number of nitrogens with zero attached hydrogens (tertiary/aromatic N) is 5. The molecule has 2 saturated heterocycles. The second-order valence-corrected chi connectivity index (χ2v) is 16.0. The first-order valence-corrected chi connectivity index (χ1v) is 22.1. The van der Waals surface area contributed by atoms with Gasteiger partial charge in [-0.3, -0.25) is 29.3 Å². The molecule has 1 aromatic heterocycles. The lowest BCUT2D eigenvalue weighted by Crippen LogP contribution is -2.52. The molecule has 3 aromatic carbocycles. The third-order valence-electron chi connectivity index (χ3n) is 11.1. The van der Waals surface area contributed by atoms with Gasteiger partial charge in [0, 0.05) is 82.0 Å². The summed E-state index contributed by atoms with van der Waals surface area (Å²) in [5.41, 5.74) is 4.55. The van der Waals surface area contributed by atoms with Crippen molar-refractivity contribution in [3.63, 3.8) is 0 Å². The molecule has 0 bridgehead atoms. The van der Waals surface area contributed by atoms with Crippen molar-refractivity contribution in [1.29, 1.82) is 0 Å². The molecule has 4 heterocycles. The first-order valence-electron chi connectivity index (χ1n) is 21.8. The summed E-state index contributed by atoms with van der Waals surface area (Å²) in [4.78, 5) is 88.6. The number of aromatic nitrogens is 2. The van der Waals surface area contributed by atoms with E-state index < -0.39 is 11.9 Å². The SMILES string of the molecule is CNC(=O)c1ccccc1Nc1nc(Nc2ccc(N3CCN(C(=O)NCCOCCOCCCNCC(=O)Nc4ccc5c(c4)CN(C4CCC(=O)NC4=O)C5=O)CC3)cc2)ncc1Cl. The van der Waals surface area contributed by atoms with Gasteiger partial charge >= 0.3 is 6.03 Å². The standard InChI is InChI=1S/C45H53ClN12O8/c1-47-41(61)34-5-2-3-6-36(34)53-40-35(46)26-50-44(55-40)52-30-7-10-32(11-8-30)56-17-19-57(20-18-56)45(64)49-16-22-66-24-23-65-21-4-15-48-27-39(60)51-31-9-12-33-29(25-31)28-58(43(33)63)37-13-14-38(59)54-42(37)62/h2-3,5-12,25-26,37,48H,4,13-24,27-28H2,1H3,(H,47,61)(H,49,64)(H,51,60)(H,54,59,62)(H2,50,52,53,55). The first kappa shape index (κ1) is 47.1. The molecule has 66 heavy (non-hydrogen) atoms. The number of nitrogens with one attached hydrogen (secondary N) is 7. The van der Waals surface area contributed by atoms with Crippen LogP contribution in [0.25, 0.3) is 0 Å². The minimum Gasteiger partial charge on any atom is -0.379 e.